The molecule has 1 amide bonds. The quantitative estimate of drug-likeness (QED) is 0.546. The van der Waals surface area contributed by atoms with Crippen LogP contribution in [0.1, 0.15) is 37.8 Å². The highest BCUT2D eigenvalue weighted by Crippen LogP contribution is 2.24. The highest BCUT2D eigenvalue weighted by Gasteiger charge is 2.32. The van der Waals surface area contributed by atoms with Crippen molar-refractivity contribution in [2.45, 2.75) is 49.9 Å². The molecule has 0 atom stereocenters. The van der Waals surface area contributed by atoms with Crippen LogP contribution in [0.25, 0.3) is 0 Å². The van der Waals surface area contributed by atoms with Crippen LogP contribution in [-0.2, 0) is 37.1 Å². The minimum atomic E-state index is -3.62. The predicted molar refractivity (Wildman–Crippen MR) is 125 cm³/mol. The molecule has 0 bridgehead atoms. The molecule has 2 aromatic rings. The molecular weight excluding hydrogens is 464 g/mol. The summed E-state index contributed by atoms with van der Waals surface area (Å²) in [6, 6.07) is 9.99. The van der Waals surface area contributed by atoms with E-state index >= 15 is 0 Å². The molecule has 180 valence electrons. The average Bonchev–Trinajstić information content (AvgIpc) is 2.78. The lowest BCUT2D eigenvalue weighted by atomic mass is 9.97. The van der Waals surface area contributed by atoms with Gasteiger partial charge in [0.1, 0.15) is 4.90 Å². The summed E-state index contributed by atoms with van der Waals surface area (Å²) < 4.78 is 54.0. The fourth-order valence-corrected chi connectivity index (χ4v) is 6.74. The number of benzene rings is 1. The van der Waals surface area contributed by atoms with E-state index in [9.17, 15) is 21.6 Å². The largest absolute Gasteiger partial charge is 0.352 e. The zero-order chi connectivity index (χ0) is 24.1. The van der Waals surface area contributed by atoms with Gasteiger partial charge in [0.15, 0.2) is 0 Å². The second kappa shape index (κ2) is 10.7. The number of carbonyl (C=O) groups excluding carboxylic acids is 1. The number of carbonyl (C=O) groups is 1. The molecule has 1 aliphatic rings. The molecule has 1 aromatic carbocycles. The number of amides is 1. The lowest BCUT2D eigenvalue weighted by Crippen LogP contribution is -2.42. The molecule has 0 spiro atoms. The first-order chi connectivity index (χ1) is 15.6. The molecule has 0 unspecified atom stereocenters. The van der Waals surface area contributed by atoms with Crippen molar-refractivity contribution >= 4 is 26.0 Å². The lowest BCUT2D eigenvalue weighted by Gasteiger charge is -2.30. The topological polar surface area (TPSA) is 126 Å². The minimum Gasteiger partial charge on any atom is -0.352 e. The van der Waals surface area contributed by atoms with Gasteiger partial charge in [-0.15, -0.1) is 0 Å². The molecule has 1 saturated heterocycles. The van der Waals surface area contributed by atoms with E-state index < -0.39 is 20.0 Å². The van der Waals surface area contributed by atoms with Crippen LogP contribution in [0.4, 0.5) is 0 Å². The monoisotopic (exact) mass is 494 g/mol. The Bertz CT molecular complexity index is 1160. The van der Waals surface area contributed by atoms with Crippen molar-refractivity contribution in [3.05, 3.63) is 59.9 Å². The van der Waals surface area contributed by atoms with E-state index in [4.69, 9.17) is 0 Å². The first-order valence-electron chi connectivity index (χ1n) is 10.8. The minimum absolute atomic E-state index is 0.145. The van der Waals surface area contributed by atoms with E-state index in [0.717, 1.165) is 5.56 Å². The molecule has 11 heteroatoms. The van der Waals surface area contributed by atoms with Gasteiger partial charge in [-0.3, -0.25) is 9.78 Å². The number of hydrogen-bond acceptors (Lipinski definition) is 6. The van der Waals surface area contributed by atoms with E-state index in [1.807, 2.05) is 0 Å². The summed E-state index contributed by atoms with van der Waals surface area (Å²) in [5.74, 6) is -0.628. The number of sulfonamides is 2. The number of piperidine rings is 1. The molecule has 0 aliphatic carbocycles. The second-order valence-electron chi connectivity index (χ2n) is 8.39. The van der Waals surface area contributed by atoms with Gasteiger partial charge in [0.2, 0.25) is 26.0 Å². The SMILES string of the molecule is CC(C)NS(=O)(=O)Cc1ccccc1CNC(=O)C1CCN(S(=O)(=O)c2cccnc2)CC1. The average molecular weight is 495 g/mol. The molecule has 2 N–H and O–H groups in total. The fraction of sp³-hybridized carbons (Fsp3) is 0.455. The first-order valence-corrected chi connectivity index (χ1v) is 13.9. The molecule has 1 aromatic heterocycles. The Kier molecular flexibility index (Phi) is 8.22. The van der Waals surface area contributed by atoms with Gasteiger partial charge in [0.05, 0.1) is 5.75 Å². The number of hydrogen-bond donors (Lipinski definition) is 2. The van der Waals surface area contributed by atoms with E-state index in [1.54, 1.807) is 44.2 Å². The second-order valence-corrected chi connectivity index (χ2v) is 12.1. The van der Waals surface area contributed by atoms with Gasteiger partial charge in [-0.2, -0.15) is 4.31 Å². The number of pyridine rings is 1. The maximum Gasteiger partial charge on any atom is 0.244 e. The van der Waals surface area contributed by atoms with Gasteiger partial charge in [0, 0.05) is 44.0 Å². The van der Waals surface area contributed by atoms with Crippen LogP contribution in [0, 0.1) is 5.92 Å². The van der Waals surface area contributed by atoms with Gasteiger partial charge >= 0.3 is 0 Å². The molecular formula is C22H30N4O5S2. The van der Waals surface area contributed by atoms with Crippen LogP contribution >= 0.6 is 0 Å². The number of aromatic nitrogens is 1. The first kappa shape index (κ1) is 25.3. The Morgan fingerprint density at radius 3 is 2.33 bits per heavy atom. The summed E-state index contributed by atoms with van der Waals surface area (Å²) in [6.45, 7) is 4.24. The van der Waals surface area contributed by atoms with Crippen LogP contribution in [0.5, 0.6) is 0 Å². The smallest absolute Gasteiger partial charge is 0.244 e. The van der Waals surface area contributed by atoms with Crippen molar-refractivity contribution in [1.29, 1.82) is 0 Å². The molecule has 0 saturated carbocycles. The maximum absolute atomic E-state index is 12.7. The van der Waals surface area contributed by atoms with Gasteiger partial charge in [0.25, 0.3) is 0 Å². The standard InChI is InChI=1S/C22H30N4O5S2/c1-17(2)25-32(28,29)16-20-7-4-3-6-19(20)14-24-22(27)18-9-12-26(13-10-18)33(30,31)21-8-5-11-23-15-21/h3-8,11,15,17-18,25H,9-10,12-14,16H2,1-2H3,(H,24,27). The van der Waals surface area contributed by atoms with Crippen molar-refractivity contribution < 1.29 is 21.6 Å². The Hall–Kier alpha value is -2.34. The van der Waals surface area contributed by atoms with Crippen molar-refractivity contribution in [3.8, 4) is 0 Å². The Balaban J connectivity index is 1.57. The zero-order valence-electron chi connectivity index (χ0n) is 18.8. The van der Waals surface area contributed by atoms with E-state index in [1.165, 1.54) is 22.8 Å². The van der Waals surface area contributed by atoms with Crippen LogP contribution < -0.4 is 10.0 Å². The number of nitrogens with one attached hydrogen (secondary N) is 2. The molecule has 1 fully saturated rings. The lowest BCUT2D eigenvalue weighted by molar-refractivity contribution is -0.126. The molecule has 9 nitrogen and oxygen atoms in total. The highest BCUT2D eigenvalue weighted by molar-refractivity contribution is 7.89. The van der Waals surface area contributed by atoms with Crippen LogP contribution in [0.15, 0.2) is 53.7 Å². The summed E-state index contributed by atoms with van der Waals surface area (Å²) in [6.07, 6.45) is 3.67. The van der Waals surface area contributed by atoms with Gasteiger partial charge in [-0.25, -0.2) is 21.6 Å². The fourth-order valence-electron chi connectivity index (χ4n) is 3.81. The summed E-state index contributed by atoms with van der Waals surface area (Å²) in [7, 11) is -7.11. The molecule has 3 rings (SSSR count). The molecule has 1 aliphatic heterocycles. The van der Waals surface area contributed by atoms with Crippen LogP contribution in [0.3, 0.4) is 0 Å². The molecule has 0 radical (unpaired) electrons. The van der Waals surface area contributed by atoms with Crippen molar-refractivity contribution in [3.63, 3.8) is 0 Å². The summed E-state index contributed by atoms with van der Waals surface area (Å²) in [5.41, 5.74) is 1.36. The van der Waals surface area contributed by atoms with Crippen LogP contribution in [-0.4, -0.2) is 51.2 Å². The highest BCUT2D eigenvalue weighted by atomic mass is 32.2. The maximum atomic E-state index is 12.7. The number of nitrogens with zero attached hydrogens (tertiary/aromatic N) is 2. The third-order valence-electron chi connectivity index (χ3n) is 5.43. The van der Waals surface area contributed by atoms with E-state index in [0.29, 0.717) is 18.4 Å². The van der Waals surface area contributed by atoms with Gasteiger partial charge < -0.3 is 5.32 Å². The number of rotatable bonds is 9. The van der Waals surface area contributed by atoms with Crippen molar-refractivity contribution in [2.24, 2.45) is 5.92 Å². The molecule has 2 heterocycles. The Morgan fingerprint density at radius 2 is 1.73 bits per heavy atom. The Morgan fingerprint density at radius 1 is 1.06 bits per heavy atom. The Labute approximate surface area is 195 Å². The predicted octanol–water partition coefficient (Wildman–Crippen LogP) is 1.63. The summed E-state index contributed by atoms with van der Waals surface area (Å²) in [5, 5.41) is 2.89. The van der Waals surface area contributed by atoms with Gasteiger partial charge in [-0.05, 0) is 49.9 Å². The van der Waals surface area contributed by atoms with Crippen molar-refractivity contribution in [2.75, 3.05) is 13.1 Å². The van der Waals surface area contributed by atoms with Crippen molar-refractivity contribution in [1.82, 2.24) is 19.3 Å². The zero-order valence-corrected chi connectivity index (χ0v) is 20.4. The third kappa shape index (κ3) is 6.83. The summed E-state index contributed by atoms with van der Waals surface area (Å²) in [4.78, 5) is 16.7. The summed E-state index contributed by atoms with van der Waals surface area (Å²) >= 11 is 0. The van der Waals surface area contributed by atoms with Crippen LogP contribution in [0.2, 0.25) is 0 Å². The van der Waals surface area contributed by atoms with Gasteiger partial charge in [-0.1, -0.05) is 24.3 Å². The molecule has 33 heavy (non-hydrogen) atoms. The van der Waals surface area contributed by atoms with E-state index in [2.05, 4.69) is 15.0 Å². The van der Waals surface area contributed by atoms with E-state index in [-0.39, 0.29) is 48.1 Å². The third-order valence-corrected chi connectivity index (χ3v) is 8.83. The normalized spacial score (nSPS) is 16.1.